The molecule has 1 aliphatic carbocycles. The zero-order chi connectivity index (χ0) is 19.5. The fraction of sp³-hybridized carbons (Fsp3) is 0.174. The van der Waals surface area contributed by atoms with Gasteiger partial charge in [0.15, 0.2) is 0 Å². The first-order valence-electron chi connectivity index (χ1n) is 9.31. The zero-order valence-corrected chi connectivity index (χ0v) is 17.1. The van der Waals surface area contributed by atoms with Crippen molar-refractivity contribution < 1.29 is 0 Å². The summed E-state index contributed by atoms with van der Waals surface area (Å²) in [5, 5.41) is 0. The minimum Gasteiger partial charge on any atom is -0.378 e. The van der Waals surface area contributed by atoms with Gasteiger partial charge in [0, 0.05) is 26.3 Å². The average Bonchev–Trinajstić information content (AvgIpc) is 3.18. The van der Waals surface area contributed by atoms with Crippen molar-refractivity contribution >= 4 is 39.7 Å². The smallest absolute Gasteiger partial charge is 0.105 e. The van der Waals surface area contributed by atoms with Crippen molar-refractivity contribution in [2.75, 3.05) is 25.5 Å². The molecule has 0 radical (unpaired) electrons. The van der Waals surface area contributed by atoms with Crippen LogP contribution in [-0.2, 0) is 0 Å². The molecule has 0 saturated heterocycles. The highest BCUT2D eigenvalue weighted by Crippen LogP contribution is 2.32. The summed E-state index contributed by atoms with van der Waals surface area (Å²) in [6.07, 6.45) is 8.45. The molecule has 0 amide bonds. The van der Waals surface area contributed by atoms with E-state index in [1.54, 1.807) is 0 Å². The average molecular weight is 387 g/mol. The van der Waals surface area contributed by atoms with Crippen LogP contribution in [0.2, 0.25) is 0 Å². The Bertz CT molecular complexity index is 1100. The minimum atomic E-state index is 0.787. The topological polar surface area (TPSA) is 41.4 Å². The summed E-state index contributed by atoms with van der Waals surface area (Å²) in [5.74, 6) is 0. The number of aliphatic imine (C=N–C) groups is 1. The third-order valence-corrected chi connectivity index (χ3v) is 5.27. The summed E-state index contributed by atoms with van der Waals surface area (Å²) >= 11 is 1.25. The number of hydrogen-bond acceptors (Lipinski definition) is 5. The van der Waals surface area contributed by atoms with Crippen molar-refractivity contribution in [3.8, 4) is 0 Å². The highest BCUT2D eigenvalue weighted by Gasteiger charge is 2.13. The molecule has 4 nitrogen and oxygen atoms in total. The lowest BCUT2D eigenvalue weighted by atomic mass is 9.90. The quantitative estimate of drug-likeness (QED) is 0.623. The summed E-state index contributed by atoms with van der Waals surface area (Å²) < 4.78 is 8.75. The van der Waals surface area contributed by atoms with Gasteiger partial charge in [0.2, 0.25) is 0 Å². The lowest BCUT2D eigenvalue weighted by Crippen LogP contribution is -2.08. The molecule has 0 fully saturated rings. The number of allylic oxidation sites excluding steroid dienone is 5. The van der Waals surface area contributed by atoms with Crippen LogP contribution in [0.4, 0.5) is 5.69 Å². The van der Waals surface area contributed by atoms with E-state index in [1.165, 1.54) is 28.6 Å². The lowest BCUT2D eigenvalue weighted by Gasteiger charge is -2.16. The molecule has 140 valence electrons. The predicted octanol–water partition coefficient (Wildman–Crippen LogP) is 5.15. The van der Waals surface area contributed by atoms with E-state index in [4.69, 9.17) is 0 Å². The predicted molar refractivity (Wildman–Crippen MR) is 120 cm³/mol. The van der Waals surface area contributed by atoms with Crippen molar-refractivity contribution in [1.82, 2.24) is 8.75 Å². The van der Waals surface area contributed by atoms with Crippen LogP contribution in [0.3, 0.4) is 0 Å². The molecule has 5 heteroatoms. The third-order valence-electron chi connectivity index (χ3n) is 4.71. The summed E-state index contributed by atoms with van der Waals surface area (Å²) in [6, 6.07) is 15.0. The molecule has 0 N–H and O–H groups in total. The van der Waals surface area contributed by atoms with E-state index in [1.807, 2.05) is 6.07 Å². The monoisotopic (exact) mass is 386 g/mol. The molecule has 28 heavy (non-hydrogen) atoms. The van der Waals surface area contributed by atoms with E-state index < -0.39 is 0 Å². The minimum absolute atomic E-state index is 0.787. The van der Waals surface area contributed by atoms with Gasteiger partial charge in [0.05, 0.1) is 17.4 Å². The molecule has 3 aromatic rings. The maximum atomic E-state index is 4.49. The van der Waals surface area contributed by atoms with Crippen molar-refractivity contribution in [2.24, 2.45) is 4.99 Å². The number of benzene rings is 2. The van der Waals surface area contributed by atoms with Gasteiger partial charge in [-0.25, -0.2) is 0 Å². The summed E-state index contributed by atoms with van der Waals surface area (Å²) in [4.78, 5) is 6.59. The van der Waals surface area contributed by atoms with Crippen LogP contribution in [-0.4, -0.2) is 35.1 Å². The van der Waals surface area contributed by atoms with Crippen molar-refractivity contribution in [3.05, 3.63) is 83.5 Å². The second kappa shape index (κ2) is 7.90. The SMILES string of the molecule is CCN=C1C=CC(=C(c2ccc(N(C)C)cc2)c2ccc3nsnc3c2)C=C1. The van der Waals surface area contributed by atoms with E-state index in [0.717, 1.165) is 34.4 Å². The van der Waals surface area contributed by atoms with Crippen LogP contribution in [0, 0.1) is 0 Å². The molecule has 1 aliphatic rings. The number of anilines is 1. The number of hydrogen-bond donors (Lipinski definition) is 0. The van der Waals surface area contributed by atoms with Crippen LogP contribution >= 0.6 is 11.7 Å². The second-order valence-electron chi connectivity index (χ2n) is 6.81. The summed E-state index contributed by atoms with van der Waals surface area (Å²) in [7, 11) is 4.11. The fourth-order valence-corrected chi connectivity index (χ4v) is 3.80. The molecular weight excluding hydrogens is 364 g/mol. The number of fused-ring (bicyclic) bond motifs is 1. The van der Waals surface area contributed by atoms with Gasteiger partial charge in [-0.15, -0.1) is 0 Å². The molecule has 0 aliphatic heterocycles. The first-order chi connectivity index (χ1) is 13.7. The van der Waals surface area contributed by atoms with Crippen molar-refractivity contribution in [1.29, 1.82) is 0 Å². The maximum Gasteiger partial charge on any atom is 0.105 e. The van der Waals surface area contributed by atoms with Gasteiger partial charge in [-0.05, 0) is 65.6 Å². The first-order valence-corrected chi connectivity index (χ1v) is 10.0. The van der Waals surface area contributed by atoms with Crippen LogP contribution < -0.4 is 4.90 Å². The largest absolute Gasteiger partial charge is 0.378 e. The third kappa shape index (κ3) is 3.66. The number of aromatic nitrogens is 2. The van der Waals surface area contributed by atoms with Gasteiger partial charge in [-0.1, -0.05) is 30.4 Å². The van der Waals surface area contributed by atoms with Gasteiger partial charge >= 0.3 is 0 Å². The molecule has 0 saturated carbocycles. The highest BCUT2D eigenvalue weighted by atomic mass is 32.1. The zero-order valence-electron chi connectivity index (χ0n) is 16.3. The van der Waals surface area contributed by atoms with E-state index in [-0.39, 0.29) is 0 Å². The Labute approximate surface area is 169 Å². The normalized spacial score (nSPS) is 13.2. The summed E-state index contributed by atoms with van der Waals surface area (Å²) in [5.41, 5.74) is 8.72. The van der Waals surface area contributed by atoms with Crippen molar-refractivity contribution in [2.45, 2.75) is 6.92 Å². The maximum absolute atomic E-state index is 4.49. The molecule has 0 atom stereocenters. The Balaban J connectivity index is 1.86. The molecule has 0 unspecified atom stereocenters. The van der Waals surface area contributed by atoms with Gasteiger partial charge in [-0.3, -0.25) is 4.99 Å². The second-order valence-corrected chi connectivity index (χ2v) is 7.33. The van der Waals surface area contributed by atoms with Crippen LogP contribution in [0.15, 0.2) is 77.3 Å². The van der Waals surface area contributed by atoms with E-state index in [2.05, 4.69) is 100 Å². The Morgan fingerprint density at radius 1 is 0.893 bits per heavy atom. The Kier molecular flexibility index (Phi) is 5.17. The van der Waals surface area contributed by atoms with Crippen LogP contribution in [0.25, 0.3) is 16.6 Å². The lowest BCUT2D eigenvalue weighted by molar-refractivity contribution is 1.13. The van der Waals surface area contributed by atoms with E-state index in [9.17, 15) is 0 Å². The Morgan fingerprint density at radius 3 is 2.25 bits per heavy atom. The van der Waals surface area contributed by atoms with Gasteiger partial charge < -0.3 is 4.90 Å². The standard InChI is InChI=1S/C23H22N4S/c1-4-24-19-10-5-16(6-11-19)23(17-7-12-20(13-8-17)27(2)3)18-9-14-21-22(15-18)26-28-25-21/h5-15H,4H2,1-3H3. The highest BCUT2D eigenvalue weighted by molar-refractivity contribution is 7.00. The van der Waals surface area contributed by atoms with Gasteiger partial charge in [0.1, 0.15) is 11.0 Å². The molecule has 0 spiro atoms. The molecule has 2 aromatic carbocycles. The van der Waals surface area contributed by atoms with E-state index >= 15 is 0 Å². The van der Waals surface area contributed by atoms with Crippen molar-refractivity contribution in [3.63, 3.8) is 0 Å². The Hall–Kier alpha value is -3.05. The molecular formula is C23H22N4S. The summed E-state index contributed by atoms with van der Waals surface area (Å²) in [6.45, 7) is 2.84. The molecule has 1 aromatic heterocycles. The van der Waals surface area contributed by atoms with Crippen LogP contribution in [0.5, 0.6) is 0 Å². The van der Waals surface area contributed by atoms with Crippen LogP contribution in [0.1, 0.15) is 18.1 Å². The van der Waals surface area contributed by atoms with Gasteiger partial charge in [0.25, 0.3) is 0 Å². The number of rotatable bonds is 4. The fourth-order valence-electron chi connectivity index (χ4n) is 3.28. The van der Waals surface area contributed by atoms with E-state index in [0.29, 0.717) is 0 Å². The first kappa shape index (κ1) is 18.3. The number of nitrogens with zero attached hydrogens (tertiary/aromatic N) is 4. The molecule has 0 bridgehead atoms. The van der Waals surface area contributed by atoms with Gasteiger partial charge in [-0.2, -0.15) is 8.75 Å². The molecule has 1 heterocycles. The Morgan fingerprint density at radius 2 is 1.57 bits per heavy atom. The molecule has 4 rings (SSSR count).